The molecule has 2 aliphatic rings. The topological polar surface area (TPSA) is 55.8 Å². The molecule has 0 aliphatic carbocycles. The quantitative estimate of drug-likeness (QED) is 0.195. The van der Waals surface area contributed by atoms with Gasteiger partial charge >= 0.3 is 7.12 Å². The van der Waals surface area contributed by atoms with E-state index in [0.717, 1.165) is 22.2 Å². The predicted octanol–water partition coefficient (Wildman–Crippen LogP) is 6.04. The Balaban J connectivity index is 1.67. The largest absolute Gasteiger partial charge is 0.496 e. The molecule has 0 N–H and O–H groups in total. The zero-order valence-corrected chi connectivity index (χ0v) is 20.9. The Bertz CT molecular complexity index is 1330. The number of hydrogen-bond donors (Lipinski definition) is 0. The van der Waals surface area contributed by atoms with Crippen LogP contribution in [0.25, 0.3) is 11.0 Å². The number of hydrogen-bond acceptors (Lipinski definition) is 4. The normalized spacial score (nSPS) is 19.1. The third kappa shape index (κ3) is 4.13. The van der Waals surface area contributed by atoms with E-state index in [1.54, 1.807) is 30.5 Å². The number of rotatable bonds is 5. The van der Waals surface area contributed by atoms with E-state index >= 15 is 0 Å². The SMILES string of the molecule is CC1(C)OB(/C(=C(\C=C\N2C(=O)c3ccccc3C2=O)c2ccccc2)c2ccccc2)OC1(C)C. The van der Waals surface area contributed by atoms with Gasteiger partial charge in [-0.1, -0.05) is 72.8 Å². The van der Waals surface area contributed by atoms with Crippen molar-refractivity contribution >= 4 is 30.0 Å². The molecule has 0 radical (unpaired) electrons. The molecule has 2 aliphatic heterocycles. The summed E-state index contributed by atoms with van der Waals surface area (Å²) >= 11 is 0. The van der Waals surface area contributed by atoms with Crippen LogP contribution in [-0.4, -0.2) is 35.0 Å². The van der Waals surface area contributed by atoms with Gasteiger partial charge in [-0.3, -0.25) is 9.59 Å². The van der Waals surface area contributed by atoms with Gasteiger partial charge in [0.1, 0.15) is 0 Å². The fraction of sp³-hybridized carbons (Fsp3) is 0.200. The Labute approximate surface area is 212 Å². The van der Waals surface area contributed by atoms with E-state index < -0.39 is 18.3 Å². The zero-order valence-electron chi connectivity index (χ0n) is 20.9. The van der Waals surface area contributed by atoms with Crippen LogP contribution in [0.3, 0.4) is 0 Å². The van der Waals surface area contributed by atoms with Crippen LogP contribution < -0.4 is 0 Å². The van der Waals surface area contributed by atoms with Gasteiger partial charge in [-0.15, -0.1) is 0 Å². The summed E-state index contributed by atoms with van der Waals surface area (Å²) in [6, 6.07) is 26.7. The Morgan fingerprint density at radius 1 is 0.694 bits per heavy atom. The van der Waals surface area contributed by atoms with E-state index in [4.69, 9.17) is 9.31 Å². The molecule has 5 rings (SSSR count). The summed E-state index contributed by atoms with van der Waals surface area (Å²) in [6.45, 7) is 8.08. The van der Waals surface area contributed by atoms with Crippen molar-refractivity contribution in [3.05, 3.63) is 119 Å². The van der Waals surface area contributed by atoms with Gasteiger partial charge in [0.05, 0.1) is 22.3 Å². The summed E-state index contributed by atoms with van der Waals surface area (Å²) in [5, 5.41) is 0. The maximum atomic E-state index is 13.0. The number of carbonyl (C=O) groups excluding carboxylic acids is 2. The van der Waals surface area contributed by atoms with Crippen molar-refractivity contribution in [3.63, 3.8) is 0 Å². The van der Waals surface area contributed by atoms with Gasteiger partial charge in [-0.05, 0) is 68.1 Å². The van der Waals surface area contributed by atoms with Crippen LogP contribution >= 0.6 is 0 Å². The van der Waals surface area contributed by atoms with E-state index in [9.17, 15) is 9.59 Å². The first-order valence-electron chi connectivity index (χ1n) is 12.1. The molecule has 2 heterocycles. The second-order valence-electron chi connectivity index (χ2n) is 9.99. The van der Waals surface area contributed by atoms with Crippen molar-refractivity contribution in [1.29, 1.82) is 0 Å². The molecule has 6 heteroatoms. The van der Waals surface area contributed by atoms with Crippen molar-refractivity contribution in [2.45, 2.75) is 38.9 Å². The minimum Gasteiger partial charge on any atom is -0.399 e. The number of benzene rings is 3. The van der Waals surface area contributed by atoms with Crippen LogP contribution in [0.5, 0.6) is 0 Å². The summed E-state index contributed by atoms with van der Waals surface area (Å²) in [5.74, 6) is -0.674. The van der Waals surface area contributed by atoms with Crippen LogP contribution in [-0.2, 0) is 9.31 Å². The number of fused-ring (bicyclic) bond motifs is 1. The molecule has 180 valence electrons. The lowest BCUT2D eigenvalue weighted by molar-refractivity contribution is 0.00578. The molecule has 0 unspecified atom stereocenters. The summed E-state index contributed by atoms with van der Waals surface area (Å²) < 4.78 is 13.0. The smallest absolute Gasteiger partial charge is 0.399 e. The van der Waals surface area contributed by atoms with E-state index in [0.29, 0.717) is 11.1 Å². The zero-order chi connectivity index (χ0) is 25.5. The lowest BCUT2D eigenvalue weighted by atomic mass is 9.70. The third-order valence-electron chi connectivity index (χ3n) is 7.16. The molecule has 1 saturated heterocycles. The molecule has 0 aromatic heterocycles. The van der Waals surface area contributed by atoms with Gasteiger partial charge < -0.3 is 9.31 Å². The van der Waals surface area contributed by atoms with Gasteiger partial charge in [0.25, 0.3) is 11.8 Å². The number of imide groups is 1. The molecule has 0 atom stereocenters. The molecule has 0 bridgehead atoms. The molecule has 2 amide bonds. The number of amides is 2. The maximum absolute atomic E-state index is 13.0. The molecule has 5 nitrogen and oxygen atoms in total. The van der Waals surface area contributed by atoms with Crippen molar-refractivity contribution in [2.75, 3.05) is 0 Å². The average molecular weight is 477 g/mol. The van der Waals surface area contributed by atoms with Crippen molar-refractivity contribution in [1.82, 2.24) is 4.90 Å². The van der Waals surface area contributed by atoms with Crippen molar-refractivity contribution in [3.8, 4) is 0 Å². The highest BCUT2D eigenvalue weighted by atomic mass is 16.7. The summed E-state index contributed by atoms with van der Waals surface area (Å²) in [5.41, 5.74) is 3.22. The Kier molecular flexibility index (Phi) is 6.03. The monoisotopic (exact) mass is 477 g/mol. The highest BCUT2D eigenvalue weighted by molar-refractivity contribution is 6.71. The van der Waals surface area contributed by atoms with Crippen LogP contribution in [0.15, 0.2) is 97.2 Å². The lowest BCUT2D eigenvalue weighted by Crippen LogP contribution is -2.41. The molecule has 3 aromatic carbocycles. The highest BCUT2D eigenvalue weighted by Gasteiger charge is 2.53. The second-order valence-corrected chi connectivity index (χ2v) is 9.99. The first-order chi connectivity index (χ1) is 17.2. The van der Waals surface area contributed by atoms with Gasteiger partial charge in [0, 0.05) is 6.20 Å². The Morgan fingerprint density at radius 3 is 1.64 bits per heavy atom. The van der Waals surface area contributed by atoms with Gasteiger partial charge in [-0.25, -0.2) is 4.90 Å². The molecular formula is C30H28BNO4. The Hall–Kier alpha value is -3.74. The highest BCUT2D eigenvalue weighted by Crippen LogP contribution is 2.43. The first-order valence-corrected chi connectivity index (χ1v) is 12.1. The van der Waals surface area contributed by atoms with Crippen LogP contribution in [0, 0.1) is 0 Å². The standard InChI is InChI=1S/C30H28BNO4/c1-29(2)30(3,4)36-31(35-29)26(22-15-9-6-10-16-22)23(21-13-7-5-8-14-21)19-20-32-27(33)24-17-11-12-18-25(24)28(32)34/h5-20H,1-4H3/b20-19+,26-23+. The summed E-state index contributed by atoms with van der Waals surface area (Å²) in [7, 11) is -0.653. The number of nitrogens with zero attached hydrogens (tertiary/aromatic N) is 1. The molecule has 1 fully saturated rings. The van der Waals surface area contributed by atoms with E-state index in [-0.39, 0.29) is 11.8 Å². The Morgan fingerprint density at radius 2 is 1.14 bits per heavy atom. The molecule has 3 aromatic rings. The predicted molar refractivity (Wildman–Crippen MR) is 142 cm³/mol. The third-order valence-corrected chi connectivity index (χ3v) is 7.16. The van der Waals surface area contributed by atoms with E-state index in [2.05, 4.69) is 0 Å². The van der Waals surface area contributed by atoms with Crippen LogP contribution in [0.4, 0.5) is 0 Å². The van der Waals surface area contributed by atoms with Gasteiger partial charge in [0.2, 0.25) is 0 Å². The van der Waals surface area contributed by atoms with Crippen molar-refractivity contribution in [2.24, 2.45) is 0 Å². The van der Waals surface area contributed by atoms with Gasteiger partial charge in [0.15, 0.2) is 0 Å². The minimum absolute atomic E-state index is 0.337. The maximum Gasteiger partial charge on any atom is 0.496 e. The summed E-state index contributed by atoms with van der Waals surface area (Å²) in [4.78, 5) is 27.2. The fourth-order valence-electron chi connectivity index (χ4n) is 4.45. The van der Waals surface area contributed by atoms with Crippen LogP contribution in [0.1, 0.15) is 59.5 Å². The fourth-order valence-corrected chi connectivity index (χ4v) is 4.45. The van der Waals surface area contributed by atoms with E-state index in [1.165, 1.54) is 4.90 Å². The number of allylic oxidation sites excluding steroid dienone is 2. The lowest BCUT2D eigenvalue weighted by Gasteiger charge is -2.32. The molecular weight excluding hydrogens is 449 g/mol. The average Bonchev–Trinajstić information content (AvgIpc) is 3.24. The second kappa shape index (κ2) is 9.05. The van der Waals surface area contributed by atoms with Gasteiger partial charge in [-0.2, -0.15) is 0 Å². The first kappa shape index (κ1) is 24.0. The minimum atomic E-state index is -0.653. The van der Waals surface area contributed by atoms with Crippen molar-refractivity contribution < 1.29 is 18.9 Å². The number of carbonyl (C=O) groups is 2. The summed E-state index contributed by atoms with van der Waals surface area (Å²) in [6.07, 6.45) is 3.37. The van der Waals surface area contributed by atoms with E-state index in [1.807, 2.05) is 94.4 Å². The van der Waals surface area contributed by atoms with Crippen LogP contribution in [0.2, 0.25) is 0 Å². The molecule has 0 spiro atoms. The molecule has 0 saturated carbocycles. The molecule has 36 heavy (non-hydrogen) atoms.